The zero-order valence-electron chi connectivity index (χ0n) is 10.2. The second-order valence-corrected chi connectivity index (χ2v) is 4.44. The summed E-state index contributed by atoms with van der Waals surface area (Å²) in [5.74, 6) is 1.94. The Morgan fingerprint density at radius 3 is 2.44 bits per heavy atom. The van der Waals surface area contributed by atoms with Crippen LogP contribution in [0.25, 0.3) is 0 Å². The van der Waals surface area contributed by atoms with Crippen molar-refractivity contribution in [2.24, 2.45) is 0 Å². The van der Waals surface area contributed by atoms with E-state index in [2.05, 4.69) is 5.32 Å². The molecule has 1 rings (SSSR count). The number of rotatable bonds is 4. The maximum absolute atomic E-state index is 12.0. The summed E-state index contributed by atoms with van der Waals surface area (Å²) in [5, 5.41) is 2.91. The van der Waals surface area contributed by atoms with Gasteiger partial charge in [-0.2, -0.15) is 0 Å². The maximum atomic E-state index is 12.0. The number of carbonyl (C=O) groups is 1. The smallest absolute Gasteiger partial charge is 0.255 e. The summed E-state index contributed by atoms with van der Waals surface area (Å²) in [4.78, 5) is 12.0. The molecule has 0 aromatic carbocycles. The lowest BCUT2D eigenvalue weighted by atomic mass is 10.1. The van der Waals surface area contributed by atoms with Crippen molar-refractivity contribution in [2.75, 3.05) is 5.88 Å². The highest BCUT2D eigenvalue weighted by Gasteiger charge is 2.19. The number of hydrogen-bond donors (Lipinski definition) is 1. The first-order valence-corrected chi connectivity index (χ1v) is 5.94. The maximum Gasteiger partial charge on any atom is 0.255 e. The molecule has 0 saturated carbocycles. The Balaban J connectivity index is 2.80. The summed E-state index contributed by atoms with van der Waals surface area (Å²) in [6.07, 6.45) is 0.766. The predicted molar refractivity (Wildman–Crippen MR) is 65.2 cm³/mol. The van der Waals surface area contributed by atoms with Crippen LogP contribution in [0.1, 0.15) is 40.8 Å². The Morgan fingerprint density at radius 1 is 1.38 bits per heavy atom. The van der Waals surface area contributed by atoms with Gasteiger partial charge >= 0.3 is 0 Å². The molecular formula is C12H18ClNO2. The molecule has 4 heteroatoms. The zero-order chi connectivity index (χ0) is 12.3. The van der Waals surface area contributed by atoms with Gasteiger partial charge < -0.3 is 9.73 Å². The fourth-order valence-electron chi connectivity index (χ4n) is 1.66. The number of alkyl halides is 1. The second kappa shape index (κ2) is 5.39. The lowest BCUT2D eigenvalue weighted by Crippen LogP contribution is -2.33. The summed E-state index contributed by atoms with van der Waals surface area (Å²) in [5.41, 5.74) is 1.56. The van der Waals surface area contributed by atoms with Crippen molar-refractivity contribution < 1.29 is 9.21 Å². The van der Waals surface area contributed by atoms with E-state index in [1.54, 1.807) is 6.92 Å². The lowest BCUT2D eigenvalue weighted by Gasteiger charge is -2.12. The third kappa shape index (κ3) is 2.79. The molecule has 0 bridgehead atoms. The second-order valence-electron chi connectivity index (χ2n) is 4.07. The summed E-state index contributed by atoms with van der Waals surface area (Å²) in [6, 6.07) is 0.0824. The lowest BCUT2D eigenvalue weighted by molar-refractivity contribution is 0.0937. The monoisotopic (exact) mass is 243 g/mol. The highest BCUT2D eigenvalue weighted by atomic mass is 35.5. The molecule has 1 aromatic heterocycles. The highest BCUT2D eigenvalue weighted by molar-refractivity contribution is 6.17. The van der Waals surface area contributed by atoms with Gasteiger partial charge in [-0.25, -0.2) is 0 Å². The molecule has 16 heavy (non-hydrogen) atoms. The van der Waals surface area contributed by atoms with Crippen LogP contribution < -0.4 is 5.32 Å². The first-order chi connectivity index (χ1) is 7.47. The van der Waals surface area contributed by atoms with Crippen LogP contribution in [0.4, 0.5) is 0 Å². The molecule has 0 aliphatic carbocycles. The molecular weight excluding hydrogens is 226 g/mol. The minimum absolute atomic E-state index is 0.0792. The molecule has 1 atom stereocenters. The van der Waals surface area contributed by atoms with E-state index in [1.165, 1.54) is 0 Å². The third-order valence-corrected chi connectivity index (χ3v) is 2.93. The molecule has 0 spiro atoms. The van der Waals surface area contributed by atoms with E-state index >= 15 is 0 Å². The molecule has 1 aromatic rings. The van der Waals surface area contributed by atoms with Crippen molar-refractivity contribution >= 4 is 17.5 Å². The van der Waals surface area contributed by atoms with Gasteiger partial charge in [-0.15, -0.1) is 11.6 Å². The molecule has 0 radical (unpaired) electrons. The van der Waals surface area contributed by atoms with Crippen LogP contribution in [0.5, 0.6) is 0 Å². The molecule has 1 amide bonds. The zero-order valence-corrected chi connectivity index (χ0v) is 10.9. The van der Waals surface area contributed by atoms with E-state index in [0.717, 1.165) is 17.7 Å². The molecule has 1 heterocycles. The van der Waals surface area contributed by atoms with Crippen LogP contribution in [-0.2, 0) is 0 Å². The van der Waals surface area contributed by atoms with E-state index in [1.807, 2.05) is 20.8 Å². The Kier molecular flexibility index (Phi) is 4.42. The van der Waals surface area contributed by atoms with Crippen LogP contribution in [0.2, 0.25) is 0 Å². The van der Waals surface area contributed by atoms with Gasteiger partial charge in [0.05, 0.1) is 5.56 Å². The number of halogens is 1. The standard InChI is InChI=1S/C12H18ClNO2/c1-7(5-6-13)14-12(15)11-8(2)9(3)16-10(11)4/h7H,5-6H2,1-4H3,(H,14,15). The van der Waals surface area contributed by atoms with Gasteiger partial charge in [0.1, 0.15) is 11.5 Å². The fraction of sp³-hybridized carbons (Fsp3) is 0.583. The number of amides is 1. The summed E-state index contributed by atoms with van der Waals surface area (Å²) < 4.78 is 5.42. The molecule has 0 aliphatic heterocycles. The molecule has 3 nitrogen and oxygen atoms in total. The van der Waals surface area contributed by atoms with E-state index in [4.69, 9.17) is 16.0 Å². The highest BCUT2D eigenvalue weighted by Crippen LogP contribution is 2.20. The largest absolute Gasteiger partial charge is 0.466 e. The average Bonchev–Trinajstić information content (AvgIpc) is 2.41. The van der Waals surface area contributed by atoms with Gasteiger partial charge in [0.2, 0.25) is 0 Å². The average molecular weight is 244 g/mol. The van der Waals surface area contributed by atoms with E-state index in [-0.39, 0.29) is 11.9 Å². The van der Waals surface area contributed by atoms with E-state index in [0.29, 0.717) is 17.2 Å². The number of aryl methyl sites for hydroxylation is 2. The summed E-state index contributed by atoms with van der Waals surface area (Å²) in [6.45, 7) is 7.51. The van der Waals surface area contributed by atoms with Gasteiger partial charge in [-0.05, 0) is 34.1 Å². The minimum Gasteiger partial charge on any atom is -0.466 e. The number of hydrogen-bond acceptors (Lipinski definition) is 2. The molecule has 1 unspecified atom stereocenters. The fourth-order valence-corrected chi connectivity index (χ4v) is 1.99. The van der Waals surface area contributed by atoms with Crippen molar-refractivity contribution in [3.63, 3.8) is 0 Å². The van der Waals surface area contributed by atoms with E-state index in [9.17, 15) is 4.79 Å². The Hall–Kier alpha value is -0.960. The topological polar surface area (TPSA) is 42.2 Å². The van der Waals surface area contributed by atoms with Gasteiger partial charge in [0.25, 0.3) is 5.91 Å². The van der Waals surface area contributed by atoms with Crippen LogP contribution in [-0.4, -0.2) is 17.8 Å². The Bertz CT molecular complexity index is 385. The molecule has 0 fully saturated rings. The van der Waals surface area contributed by atoms with Gasteiger partial charge in [0.15, 0.2) is 0 Å². The van der Waals surface area contributed by atoms with Crippen molar-refractivity contribution in [3.05, 3.63) is 22.6 Å². The van der Waals surface area contributed by atoms with Crippen molar-refractivity contribution in [2.45, 2.75) is 40.2 Å². The predicted octanol–water partition coefficient (Wildman–Crippen LogP) is 2.95. The Labute approximate surface area is 101 Å². The van der Waals surface area contributed by atoms with Gasteiger partial charge in [-0.1, -0.05) is 0 Å². The van der Waals surface area contributed by atoms with Crippen LogP contribution in [0.15, 0.2) is 4.42 Å². The van der Waals surface area contributed by atoms with E-state index < -0.39 is 0 Å². The molecule has 0 saturated heterocycles. The van der Waals surface area contributed by atoms with Crippen LogP contribution >= 0.6 is 11.6 Å². The molecule has 90 valence electrons. The quantitative estimate of drug-likeness (QED) is 0.827. The first kappa shape index (κ1) is 13.1. The van der Waals surface area contributed by atoms with Crippen molar-refractivity contribution in [3.8, 4) is 0 Å². The number of furan rings is 1. The summed E-state index contributed by atoms with van der Waals surface area (Å²) in [7, 11) is 0. The van der Waals surface area contributed by atoms with Gasteiger partial charge in [-0.3, -0.25) is 4.79 Å². The third-order valence-electron chi connectivity index (χ3n) is 2.71. The normalized spacial score (nSPS) is 12.6. The minimum atomic E-state index is -0.0792. The SMILES string of the molecule is Cc1oc(C)c(C(=O)NC(C)CCCl)c1C. The van der Waals surface area contributed by atoms with Crippen LogP contribution in [0, 0.1) is 20.8 Å². The molecule has 0 aliphatic rings. The molecule has 1 N–H and O–H groups in total. The van der Waals surface area contributed by atoms with Crippen molar-refractivity contribution in [1.29, 1.82) is 0 Å². The van der Waals surface area contributed by atoms with Crippen molar-refractivity contribution in [1.82, 2.24) is 5.32 Å². The number of carbonyl (C=O) groups excluding carboxylic acids is 1. The number of nitrogens with one attached hydrogen (secondary N) is 1. The van der Waals surface area contributed by atoms with Crippen LogP contribution in [0.3, 0.4) is 0 Å². The Morgan fingerprint density at radius 2 is 2.00 bits per heavy atom. The summed E-state index contributed by atoms with van der Waals surface area (Å²) >= 11 is 5.62. The van der Waals surface area contributed by atoms with Gasteiger partial charge in [0, 0.05) is 17.5 Å². The first-order valence-electron chi connectivity index (χ1n) is 5.40.